The van der Waals surface area contributed by atoms with E-state index in [1.807, 2.05) is 11.3 Å². The third-order valence-corrected chi connectivity index (χ3v) is 3.64. The van der Waals surface area contributed by atoms with E-state index in [-0.39, 0.29) is 0 Å². The molecular weight excluding hydrogens is 216 g/mol. The molecule has 3 heteroatoms. The minimum absolute atomic E-state index is 1.02. The van der Waals surface area contributed by atoms with Gasteiger partial charge in [0, 0.05) is 24.5 Å². The van der Waals surface area contributed by atoms with Crippen LogP contribution in [0.3, 0.4) is 0 Å². The molecule has 0 aromatic carbocycles. The van der Waals surface area contributed by atoms with Crippen molar-refractivity contribution in [1.29, 1.82) is 0 Å². The molecule has 2 nitrogen and oxygen atoms in total. The second kappa shape index (κ2) is 8.74. The fraction of sp³-hybridized carbons (Fsp3) is 0.692. The van der Waals surface area contributed by atoms with Crippen molar-refractivity contribution in [2.75, 3.05) is 26.2 Å². The Morgan fingerprint density at radius 3 is 2.81 bits per heavy atom. The van der Waals surface area contributed by atoms with Gasteiger partial charge in [-0.1, -0.05) is 26.3 Å². The van der Waals surface area contributed by atoms with Crippen LogP contribution in [0.15, 0.2) is 17.5 Å². The van der Waals surface area contributed by atoms with Gasteiger partial charge >= 0.3 is 0 Å². The van der Waals surface area contributed by atoms with Gasteiger partial charge in [-0.15, -0.1) is 11.3 Å². The van der Waals surface area contributed by atoms with Crippen molar-refractivity contribution in [2.45, 2.75) is 33.2 Å². The first kappa shape index (κ1) is 13.7. The molecular formula is C13H24N2S. The van der Waals surface area contributed by atoms with Crippen LogP contribution < -0.4 is 5.32 Å². The van der Waals surface area contributed by atoms with Crippen LogP contribution in [0.4, 0.5) is 0 Å². The molecule has 1 rings (SSSR count). The van der Waals surface area contributed by atoms with Gasteiger partial charge in [0.05, 0.1) is 0 Å². The van der Waals surface area contributed by atoms with Gasteiger partial charge in [0.2, 0.25) is 0 Å². The number of nitrogens with zero attached hydrogens (tertiary/aromatic N) is 1. The van der Waals surface area contributed by atoms with Crippen LogP contribution in [0.25, 0.3) is 0 Å². The van der Waals surface area contributed by atoms with Crippen molar-refractivity contribution in [1.82, 2.24) is 10.2 Å². The van der Waals surface area contributed by atoms with Crippen LogP contribution in [-0.2, 0) is 6.54 Å². The van der Waals surface area contributed by atoms with Crippen molar-refractivity contribution >= 4 is 11.3 Å². The highest BCUT2D eigenvalue weighted by Crippen LogP contribution is 2.06. The molecule has 0 saturated heterocycles. The number of hydrogen-bond acceptors (Lipinski definition) is 3. The Balaban J connectivity index is 2.04. The second-order valence-corrected chi connectivity index (χ2v) is 5.08. The van der Waals surface area contributed by atoms with Gasteiger partial charge in [0.25, 0.3) is 0 Å². The van der Waals surface area contributed by atoms with Crippen LogP contribution in [-0.4, -0.2) is 31.1 Å². The largest absolute Gasteiger partial charge is 0.311 e. The molecule has 0 atom stereocenters. The van der Waals surface area contributed by atoms with Crippen molar-refractivity contribution in [3.05, 3.63) is 22.4 Å². The summed E-state index contributed by atoms with van der Waals surface area (Å²) in [5, 5.41) is 5.63. The van der Waals surface area contributed by atoms with E-state index in [9.17, 15) is 0 Å². The van der Waals surface area contributed by atoms with E-state index in [0.717, 1.165) is 13.1 Å². The van der Waals surface area contributed by atoms with Gasteiger partial charge in [-0.3, -0.25) is 0 Å². The molecule has 92 valence electrons. The maximum Gasteiger partial charge on any atom is 0.0300 e. The quantitative estimate of drug-likeness (QED) is 0.668. The summed E-state index contributed by atoms with van der Waals surface area (Å²) in [5.41, 5.74) is 0. The highest BCUT2D eigenvalue weighted by atomic mass is 32.1. The average molecular weight is 240 g/mol. The molecule has 0 amide bonds. The number of thiophene rings is 1. The maximum atomic E-state index is 3.50. The van der Waals surface area contributed by atoms with Crippen molar-refractivity contribution in [2.24, 2.45) is 0 Å². The van der Waals surface area contributed by atoms with E-state index in [4.69, 9.17) is 0 Å². The summed E-state index contributed by atoms with van der Waals surface area (Å²) in [7, 11) is 0. The molecule has 0 saturated carbocycles. The monoisotopic (exact) mass is 240 g/mol. The third kappa shape index (κ3) is 5.64. The predicted octanol–water partition coefficient (Wildman–Crippen LogP) is 2.96. The molecule has 0 aliphatic carbocycles. The van der Waals surface area contributed by atoms with Gasteiger partial charge in [0.15, 0.2) is 0 Å². The normalized spacial score (nSPS) is 11.2. The zero-order chi connectivity index (χ0) is 11.6. The number of hydrogen-bond donors (Lipinski definition) is 1. The zero-order valence-electron chi connectivity index (χ0n) is 10.5. The number of nitrogens with one attached hydrogen (secondary N) is 1. The van der Waals surface area contributed by atoms with Crippen LogP contribution in [0.5, 0.6) is 0 Å². The van der Waals surface area contributed by atoms with Gasteiger partial charge in [0.1, 0.15) is 0 Å². The predicted molar refractivity (Wildman–Crippen MR) is 73.0 cm³/mol. The zero-order valence-corrected chi connectivity index (χ0v) is 11.4. The first-order chi connectivity index (χ1) is 7.86. The summed E-state index contributed by atoms with van der Waals surface area (Å²) in [6.45, 7) is 10.2. The van der Waals surface area contributed by atoms with Gasteiger partial charge in [-0.05, 0) is 31.0 Å². The van der Waals surface area contributed by atoms with E-state index in [2.05, 4.69) is 41.6 Å². The van der Waals surface area contributed by atoms with Gasteiger partial charge < -0.3 is 10.2 Å². The minimum atomic E-state index is 1.02. The number of unbranched alkanes of at least 4 members (excludes halogenated alkanes) is 1. The Kier molecular flexibility index (Phi) is 7.47. The fourth-order valence-electron chi connectivity index (χ4n) is 1.67. The lowest BCUT2D eigenvalue weighted by Gasteiger charge is -2.20. The molecule has 0 fully saturated rings. The average Bonchev–Trinajstić information content (AvgIpc) is 2.81. The summed E-state index contributed by atoms with van der Waals surface area (Å²) < 4.78 is 0. The van der Waals surface area contributed by atoms with Crippen molar-refractivity contribution in [3.8, 4) is 0 Å². The Hall–Kier alpha value is -0.380. The fourth-order valence-corrected chi connectivity index (χ4v) is 2.35. The first-order valence-electron chi connectivity index (χ1n) is 6.32. The first-order valence-corrected chi connectivity index (χ1v) is 7.20. The third-order valence-electron chi connectivity index (χ3n) is 2.76. The summed E-state index contributed by atoms with van der Waals surface area (Å²) in [6, 6.07) is 4.30. The van der Waals surface area contributed by atoms with E-state index < -0.39 is 0 Å². The lowest BCUT2D eigenvalue weighted by atomic mass is 10.3. The molecule has 0 radical (unpaired) electrons. The second-order valence-electron chi connectivity index (χ2n) is 4.04. The van der Waals surface area contributed by atoms with Crippen LogP contribution >= 0.6 is 11.3 Å². The summed E-state index contributed by atoms with van der Waals surface area (Å²) in [5.74, 6) is 0. The molecule has 0 aliphatic rings. The standard InChI is InChI=1S/C13H24N2S/c1-3-5-9-15(4-2)10-8-14-12-13-7-6-11-16-13/h6-7,11,14H,3-5,8-10,12H2,1-2H3. The molecule has 0 bridgehead atoms. The molecule has 1 heterocycles. The summed E-state index contributed by atoms with van der Waals surface area (Å²) >= 11 is 1.83. The smallest absolute Gasteiger partial charge is 0.0300 e. The van der Waals surface area contributed by atoms with Crippen LogP contribution in [0, 0.1) is 0 Å². The van der Waals surface area contributed by atoms with Gasteiger partial charge in [-0.25, -0.2) is 0 Å². The Bertz CT molecular complexity index is 246. The summed E-state index contributed by atoms with van der Waals surface area (Å²) in [4.78, 5) is 3.95. The van der Waals surface area contributed by atoms with Crippen LogP contribution in [0.1, 0.15) is 31.6 Å². The minimum Gasteiger partial charge on any atom is -0.311 e. The van der Waals surface area contributed by atoms with E-state index in [1.165, 1.54) is 37.4 Å². The Labute approximate surface area is 104 Å². The van der Waals surface area contributed by atoms with Crippen molar-refractivity contribution < 1.29 is 0 Å². The van der Waals surface area contributed by atoms with E-state index in [1.54, 1.807) is 0 Å². The molecule has 0 aliphatic heterocycles. The Morgan fingerprint density at radius 1 is 1.31 bits per heavy atom. The molecule has 1 N–H and O–H groups in total. The molecule has 0 unspecified atom stereocenters. The maximum absolute atomic E-state index is 3.50. The van der Waals surface area contributed by atoms with E-state index in [0.29, 0.717) is 0 Å². The lowest BCUT2D eigenvalue weighted by Crippen LogP contribution is -2.32. The number of likely N-dealkylation sites (N-methyl/N-ethyl adjacent to an activating group) is 1. The Morgan fingerprint density at radius 2 is 2.19 bits per heavy atom. The highest BCUT2D eigenvalue weighted by molar-refractivity contribution is 7.09. The SMILES string of the molecule is CCCCN(CC)CCNCc1cccs1. The van der Waals surface area contributed by atoms with E-state index >= 15 is 0 Å². The molecule has 1 aromatic heterocycles. The highest BCUT2D eigenvalue weighted by Gasteiger charge is 2.00. The molecule has 0 spiro atoms. The lowest BCUT2D eigenvalue weighted by molar-refractivity contribution is 0.282. The van der Waals surface area contributed by atoms with Crippen molar-refractivity contribution in [3.63, 3.8) is 0 Å². The summed E-state index contributed by atoms with van der Waals surface area (Å²) in [6.07, 6.45) is 2.61. The molecule has 1 aromatic rings. The molecule has 16 heavy (non-hydrogen) atoms. The van der Waals surface area contributed by atoms with Gasteiger partial charge in [-0.2, -0.15) is 0 Å². The topological polar surface area (TPSA) is 15.3 Å². The van der Waals surface area contributed by atoms with Crippen LogP contribution in [0.2, 0.25) is 0 Å². The number of rotatable bonds is 9.